The third-order valence-electron chi connectivity index (χ3n) is 3.16. The molecule has 1 N–H and O–H groups in total. The Morgan fingerprint density at radius 3 is 2.58 bits per heavy atom. The van der Waals surface area contributed by atoms with Crippen LogP contribution in [0.5, 0.6) is 0 Å². The topological polar surface area (TPSA) is 40.5 Å². The third-order valence-corrected chi connectivity index (χ3v) is 4.24. The van der Waals surface area contributed by atoms with Crippen LogP contribution >= 0.6 is 11.9 Å². The van der Waals surface area contributed by atoms with Crippen molar-refractivity contribution < 1.29 is 9.90 Å². The van der Waals surface area contributed by atoms with Gasteiger partial charge >= 0.3 is 5.97 Å². The highest BCUT2D eigenvalue weighted by Gasteiger charge is 2.19. The summed E-state index contributed by atoms with van der Waals surface area (Å²) in [5.41, 5.74) is 2.96. The van der Waals surface area contributed by atoms with Crippen LogP contribution in [0.4, 0.5) is 5.69 Å². The zero-order chi connectivity index (χ0) is 13.2. The van der Waals surface area contributed by atoms with Gasteiger partial charge in [0, 0.05) is 11.4 Å². The summed E-state index contributed by atoms with van der Waals surface area (Å²) in [6, 6.07) is 15.4. The second kappa shape index (κ2) is 4.97. The summed E-state index contributed by atoms with van der Waals surface area (Å²) in [6.07, 6.45) is 1.07. The smallest absolute Gasteiger partial charge is 0.335 e. The monoisotopic (exact) mass is 271 g/mol. The first-order chi connectivity index (χ1) is 9.24. The van der Waals surface area contributed by atoms with E-state index in [2.05, 4.69) is 22.5 Å². The van der Waals surface area contributed by atoms with Gasteiger partial charge in [0.05, 0.1) is 11.3 Å². The molecule has 0 saturated carbocycles. The fourth-order valence-electron chi connectivity index (χ4n) is 2.19. The molecule has 96 valence electrons. The van der Waals surface area contributed by atoms with Gasteiger partial charge < -0.3 is 9.41 Å². The molecular weight excluding hydrogens is 258 g/mol. The van der Waals surface area contributed by atoms with E-state index in [1.165, 1.54) is 11.3 Å². The maximum Gasteiger partial charge on any atom is 0.335 e. The molecule has 1 aliphatic heterocycles. The van der Waals surface area contributed by atoms with Crippen LogP contribution in [0.2, 0.25) is 0 Å². The molecule has 0 aliphatic carbocycles. The van der Waals surface area contributed by atoms with Crippen molar-refractivity contribution in [3.05, 3.63) is 59.7 Å². The molecule has 0 atom stereocenters. The Balaban J connectivity index is 1.78. The van der Waals surface area contributed by atoms with E-state index >= 15 is 0 Å². The number of benzene rings is 2. The number of carboxylic acids is 1. The normalized spacial score (nSPS) is 13.4. The second-order valence-electron chi connectivity index (χ2n) is 4.40. The van der Waals surface area contributed by atoms with Crippen LogP contribution in [0.3, 0.4) is 0 Å². The van der Waals surface area contributed by atoms with Gasteiger partial charge in [-0.05, 0) is 54.3 Å². The molecule has 3 rings (SSSR count). The number of carbonyl (C=O) groups is 1. The SMILES string of the molecule is O=C(O)c1ccc(SN2CCc3ccccc32)cc1. The number of carboxylic acid groups (broad SMARTS) is 1. The van der Waals surface area contributed by atoms with Crippen molar-refractivity contribution in [2.45, 2.75) is 11.3 Å². The summed E-state index contributed by atoms with van der Waals surface area (Å²) in [4.78, 5) is 11.9. The predicted octanol–water partition coefficient (Wildman–Crippen LogP) is 3.45. The Bertz CT molecular complexity index is 610. The molecule has 2 aromatic rings. The number of hydrogen-bond acceptors (Lipinski definition) is 3. The van der Waals surface area contributed by atoms with Gasteiger partial charge in [-0.2, -0.15) is 0 Å². The van der Waals surface area contributed by atoms with E-state index < -0.39 is 5.97 Å². The van der Waals surface area contributed by atoms with Crippen LogP contribution in [0, 0.1) is 0 Å². The number of hydrogen-bond donors (Lipinski definition) is 1. The number of para-hydroxylation sites is 1. The van der Waals surface area contributed by atoms with E-state index in [0.717, 1.165) is 17.9 Å². The second-order valence-corrected chi connectivity index (χ2v) is 5.50. The molecular formula is C15H13NO2S. The van der Waals surface area contributed by atoms with E-state index in [4.69, 9.17) is 5.11 Å². The average molecular weight is 271 g/mol. The highest BCUT2D eigenvalue weighted by molar-refractivity contribution is 8.00. The molecule has 0 saturated heterocycles. The molecule has 0 amide bonds. The maximum atomic E-state index is 10.8. The van der Waals surface area contributed by atoms with Crippen LogP contribution in [-0.2, 0) is 6.42 Å². The van der Waals surface area contributed by atoms with Crippen molar-refractivity contribution in [1.82, 2.24) is 0 Å². The molecule has 0 unspecified atom stereocenters. The minimum Gasteiger partial charge on any atom is -0.478 e. The average Bonchev–Trinajstić information content (AvgIpc) is 2.83. The number of aromatic carboxylic acids is 1. The fourth-order valence-corrected chi connectivity index (χ4v) is 3.16. The lowest BCUT2D eigenvalue weighted by Gasteiger charge is -2.17. The first kappa shape index (κ1) is 12.1. The first-order valence-corrected chi connectivity index (χ1v) is 6.88. The Hall–Kier alpha value is -1.94. The number of fused-ring (bicyclic) bond motifs is 1. The first-order valence-electron chi connectivity index (χ1n) is 6.11. The Morgan fingerprint density at radius 1 is 1.11 bits per heavy atom. The third kappa shape index (κ3) is 2.44. The van der Waals surface area contributed by atoms with E-state index in [0.29, 0.717) is 5.56 Å². The molecule has 0 spiro atoms. The van der Waals surface area contributed by atoms with Gasteiger partial charge in [-0.25, -0.2) is 4.79 Å². The summed E-state index contributed by atoms with van der Waals surface area (Å²) in [6.45, 7) is 0.991. The summed E-state index contributed by atoms with van der Waals surface area (Å²) in [5, 5.41) is 8.87. The summed E-state index contributed by atoms with van der Waals surface area (Å²) in [5.74, 6) is -0.886. The molecule has 19 heavy (non-hydrogen) atoms. The number of rotatable bonds is 3. The molecule has 4 heteroatoms. The molecule has 0 bridgehead atoms. The Morgan fingerprint density at radius 2 is 1.84 bits per heavy atom. The summed E-state index contributed by atoms with van der Waals surface area (Å²) in [7, 11) is 0. The lowest BCUT2D eigenvalue weighted by Crippen LogP contribution is -2.09. The van der Waals surface area contributed by atoms with E-state index in [1.54, 1.807) is 24.1 Å². The summed E-state index contributed by atoms with van der Waals surface area (Å²) >= 11 is 1.65. The van der Waals surface area contributed by atoms with E-state index in [1.807, 2.05) is 18.2 Å². The molecule has 0 fully saturated rings. The van der Waals surface area contributed by atoms with Gasteiger partial charge in [0.2, 0.25) is 0 Å². The molecule has 0 aromatic heterocycles. The minimum atomic E-state index is -0.886. The zero-order valence-electron chi connectivity index (χ0n) is 10.2. The van der Waals surface area contributed by atoms with Crippen molar-refractivity contribution in [2.75, 3.05) is 10.8 Å². The molecule has 1 aliphatic rings. The van der Waals surface area contributed by atoms with Gasteiger partial charge in [0.1, 0.15) is 0 Å². The highest BCUT2D eigenvalue weighted by atomic mass is 32.2. The van der Waals surface area contributed by atoms with Crippen molar-refractivity contribution in [3.63, 3.8) is 0 Å². The van der Waals surface area contributed by atoms with Gasteiger partial charge in [-0.15, -0.1) is 0 Å². The lowest BCUT2D eigenvalue weighted by atomic mass is 10.2. The van der Waals surface area contributed by atoms with Gasteiger partial charge in [0.15, 0.2) is 0 Å². The van der Waals surface area contributed by atoms with Crippen molar-refractivity contribution >= 4 is 23.6 Å². The number of nitrogens with zero attached hydrogens (tertiary/aromatic N) is 1. The Labute approximate surface area is 116 Å². The van der Waals surface area contributed by atoms with Gasteiger partial charge in [-0.3, -0.25) is 0 Å². The Kier molecular flexibility index (Phi) is 3.17. The van der Waals surface area contributed by atoms with Gasteiger partial charge in [0.25, 0.3) is 0 Å². The minimum absolute atomic E-state index is 0.325. The van der Waals surface area contributed by atoms with Crippen molar-refractivity contribution in [2.24, 2.45) is 0 Å². The fraction of sp³-hybridized carbons (Fsp3) is 0.133. The van der Waals surface area contributed by atoms with Crippen LogP contribution in [-0.4, -0.2) is 17.6 Å². The van der Waals surface area contributed by atoms with Gasteiger partial charge in [-0.1, -0.05) is 18.2 Å². The van der Waals surface area contributed by atoms with E-state index in [-0.39, 0.29) is 0 Å². The molecule has 3 nitrogen and oxygen atoms in total. The standard InChI is InChI=1S/C15H13NO2S/c17-15(18)12-5-7-13(8-6-12)19-16-10-9-11-3-1-2-4-14(11)16/h1-8H,9-10H2,(H,17,18). The predicted molar refractivity (Wildman–Crippen MR) is 76.8 cm³/mol. The quantitative estimate of drug-likeness (QED) is 0.868. The highest BCUT2D eigenvalue weighted by Crippen LogP contribution is 2.36. The van der Waals surface area contributed by atoms with Crippen LogP contribution in [0.1, 0.15) is 15.9 Å². The zero-order valence-corrected chi connectivity index (χ0v) is 11.1. The van der Waals surface area contributed by atoms with Crippen LogP contribution < -0.4 is 4.31 Å². The maximum absolute atomic E-state index is 10.8. The van der Waals surface area contributed by atoms with Crippen LogP contribution in [0.15, 0.2) is 53.4 Å². The van der Waals surface area contributed by atoms with Crippen molar-refractivity contribution in [1.29, 1.82) is 0 Å². The lowest BCUT2D eigenvalue weighted by molar-refractivity contribution is 0.0697. The van der Waals surface area contributed by atoms with Crippen LogP contribution in [0.25, 0.3) is 0 Å². The van der Waals surface area contributed by atoms with Crippen molar-refractivity contribution in [3.8, 4) is 0 Å². The molecule has 1 heterocycles. The summed E-state index contributed by atoms with van der Waals surface area (Å²) < 4.78 is 2.26. The molecule has 2 aromatic carbocycles. The largest absolute Gasteiger partial charge is 0.478 e. The molecule has 0 radical (unpaired) electrons. The number of anilines is 1. The van der Waals surface area contributed by atoms with E-state index in [9.17, 15) is 4.79 Å².